The second kappa shape index (κ2) is 7.72. The van der Waals surface area contributed by atoms with E-state index in [0.29, 0.717) is 6.54 Å². The molecule has 1 aromatic heterocycles. The van der Waals surface area contributed by atoms with Gasteiger partial charge in [-0.25, -0.2) is 13.1 Å². The van der Waals surface area contributed by atoms with Crippen LogP contribution in [0, 0.1) is 12.3 Å². The van der Waals surface area contributed by atoms with Gasteiger partial charge >= 0.3 is 0 Å². The fourth-order valence-electron chi connectivity index (χ4n) is 2.42. The lowest BCUT2D eigenvalue weighted by molar-refractivity contribution is -0.0722. The van der Waals surface area contributed by atoms with Gasteiger partial charge in [-0.2, -0.15) is 4.31 Å². The normalized spacial score (nSPS) is 16.2. The maximum absolute atomic E-state index is 12.3. The van der Waals surface area contributed by atoms with Crippen molar-refractivity contribution in [2.45, 2.75) is 79.7 Å². The Labute approximate surface area is 152 Å². The Kier molecular flexibility index (Phi) is 6.81. The molecule has 1 rings (SSSR count). The monoisotopic (exact) mass is 374 g/mol. The van der Waals surface area contributed by atoms with Gasteiger partial charge in [-0.15, -0.1) is 5.10 Å². The number of hydrogen-bond donors (Lipinski definition) is 0. The maximum atomic E-state index is 12.3. The van der Waals surface area contributed by atoms with Crippen molar-refractivity contribution in [3.63, 3.8) is 0 Å². The van der Waals surface area contributed by atoms with Crippen molar-refractivity contribution < 1.29 is 13.2 Å². The van der Waals surface area contributed by atoms with Crippen LogP contribution in [0.3, 0.4) is 0 Å². The molecule has 1 heterocycles. The van der Waals surface area contributed by atoms with Gasteiger partial charge in [0.2, 0.25) is 10.0 Å². The van der Waals surface area contributed by atoms with Crippen LogP contribution in [0.1, 0.15) is 54.2 Å². The van der Waals surface area contributed by atoms with Gasteiger partial charge in [0.1, 0.15) is 0 Å². The highest BCUT2D eigenvalue weighted by Gasteiger charge is 2.34. The number of sulfonamides is 1. The van der Waals surface area contributed by atoms with E-state index < -0.39 is 15.6 Å². The first-order valence-electron chi connectivity index (χ1n) is 8.60. The third-order valence-corrected chi connectivity index (χ3v) is 5.68. The first-order chi connectivity index (χ1) is 11.1. The van der Waals surface area contributed by atoms with Crippen molar-refractivity contribution >= 4 is 10.0 Å². The molecule has 1 aromatic rings. The molecule has 0 aliphatic rings. The topological polar surface area (TPSA) is 77.3 Å². The predicted molar refractivity (Wildman–Crippen MR) is 99.9 cm³/mol. The number of hydrogen-bond acceptors (Lipinski definition) is 5. The minimum atomic E-state index is -3.37. The molecule has 0 radical (unpaired) electrons. The second-order valence-electron chi connectivity index (χ2n) is 8.81. The summed E-state index contributed by atoms with van der Waals surface area (Å²) in [5.41, 5.74) is 0.241. The number of aryl methyl sites for hydroxylation is 1. The molecule has 7 nitrogen and oxygen atoms in total. The van der Waals surface area contributed by atoms with Gasteiger partial charge in [0.05, 0.1) is 30.7 Å². The van der Waals surface area contributed by atoms with E-state index in [1.165, 1.54) is 10.6 Å². The Morgan fingerprint density at radius 1 is 1.24 bits per heavy atom. The van der Waals surface area contributed by atoms with E-state index in [4.69, 9.17) is 4.74 Å². The lowest BCUT2D eigenvalue weighted by Gasteiger charge is -2.38. The van der Waals surface area contributed by atoms with Gasteiger partial charge in [-0.05, 0) is 40.0 Å². The average Bonchev–Trinajstić information content (AvgIpc) is 2.77. The lowest BCUT2D eigenvalue weighted by atomic mass is 9.90. The van der Waals surface area contributed by atoms with Gasteiger partial charge < -0.3 is 4.74 Å². The van der Waals surface area contributed by atoms with Gasteiger partial charge in [0.25, 0.3) is 0 Å². The Morgan fingerprint density at radius 2 is 1.80 bits per heavy atom. The molecular formula is C17H34N4O3S. The van der Waals surface area contributed by atoms with E-state index in [9.17, 15) is 8.42 Å². The van der Waals surface area contributed by atoms with Crippen LogP contribution < -0.4 is 0 Å². The SMILES string of the molecule is Cc1cn(CC(CN(C(C)(C)C)S(C)(=O)=O)OC(C)C(C)(C)C)nn1. The number of nitrogens with zero attached hydrogens (tertiary/aromatic N) is 4. The van der Waals surface area contributed by atoms with Crippen LogP contribution in [-0.2, 0) is 21.3 Å². The van der Waals surface area contributed by atoms with Crippen LogP contribution in [0.15, 0.2) is 6.20 Å². The summed E-state index contributed by atoms with van der Waals surface area (Å²) < 4.78 is 34.0. The molecule has 0 aromatic carbocycles. The zero-order valence-corrected chi connectivity index (χ0v) is 17.9. The molecule has 25 heavy (non-hydrogen) atoms. The molecule has 2 unspecified atom stereocenters. The van der Waals surface area contributed by atoms with Crippen LogP contribution in [0.25, 0.3) is 0 Å². The molecule has 0 spiro atoms. The highest BCUT2D eigenvalue weighted by Crippen LogP contribution is 2.25. The Bertz CT molecular complexity index is 656. The number of ether oxygens (including phenoxy) is 1. The minimum absolute atomic E-state index is 0.0384. The Morgan fingerprint density at radius 3 is 2.16 bits per heavy atom. The molecule has 0 aliphatic carbocycles. The second-order valence-corrected chi connectivity index (χ2v) is 10.7. The summed E-state index contributed by atoms with van der Waals surface area (Å²) in [6, 6.07) is 0. The van der Waals surface area contributed by atoms with Crippen molar-refractivity contribution in [1.29, 1.82) is 0 Å². The maximum Gasteiger partial charge on any atom is 0.211 e. The smallest absolute Gasteiger partial charge is 0.211 e. The van der Waals surface area contributed by atoms with E-state index in [1.54, 1.807) is 4.68 Å². The largest absolute Gasteiger partial charge is 0.371 e. The molecule has 146 valence electrons. The van der Waals surface area contributed by atoms with E-state index in [-0.39, 0.29) is 24.2 Å². The fraction of sp³-hybridized carbons (Fsp3) is 0.882. The summed E-state index contributed by atoms with van der Waals surface area (Å²) >= 11 is 0. The molecule has 0 fully saturated rings. The van der Waals surface area contributed by atoms with Crippen molar-refractivity contribution in [1.82, 2.24) is 19.3 Å². The van der Waals surface area contributed by atoms with Gasteiger partial charge in [-0.1, -0.05) is 26.0 Å². The Balaban J connectivity index is 3.07. The summed E-state index contributed by atoms with van der Waals surface area (Å²) in [6.07, 6.45) is 2.70. The van der Waals surface area contributed by atoms with E-state index in [1.807, 2.05) is 40.8 Å². The fourth-order valence-corrected chi connectivity index (χ4v) is 3.85. The molecule has 8 heteroatoms. The Hall–Kier alpha value is -0.990. The molecular weight excluding hydrogens is 340 g/mol. The average molecular weight is 375 g/mol. The standard InChI is InChI=1S/C17H34N4O3S/c1-13-10-20(19-18-13)11-15(24-14(2)16(3,4)5)12-21(17(6,7)8)25(9,22)23/h10,14-15H,11-12H2,1-9H3. The van der Waals surface area contributed by atoms with E-state index >= 15 is 0 Å². The van der Waals surface area contributed by atoms with Crippen molar-refractivity contribution in [2.24, 2.45) is 5.41 Å². The van der Waals surface area contributed by atoms with Gasteiger partial charge in [0.15, 0.2) is 0 Å². The van der Waals surface area contributed by atoms with E-state index in [0.717, 1.165) is 5.69 Å². The quantitative estimate of drug-likeness (QED) is 0.733. The van der Waals surface area contributed by atoms with Gasteiger partial charge in [-0.3, -0.25) is 0 Å². The predicted octanol–water partition coefficient (Wildman–Crippen LogP) is 2.47. The number of rotatable bonds is 7. The van der Waals surface area contributed by atoms with Crippen LogP contribution >= 0.6 is 0 Å². The molecule has 0 amide bonds. The summed E-state index contributed by atoms with van der Waals surface area (Å²) in [6.45, 7) is 16.6. The van der Waals surface area contributed by atoms with Crippen LogP contribution in [-0.4, -0.2) is 58.3 Å². The third-order valence-electron chi connectivity index (χ3n) is 4.18. The first-order valence-corrected chi connectivity index (χ1v) is 10.5. The molecule has 0 saturated carbocycles. The zero-order chi connectivity index (χ0) is 19.6. The van der Waals surface area contributed by atoms with Crippen molar-refractivity contribution in [2.75, 3.05) is 12.8 Å². The molecule has 0 saturated heterocycles. The van der Waals surface area contributed by atoms with Crippen LogP contribution in [0.2, 0.25) is 0 Å². The van der Waals surface area contributed by atoms with Gasteiger partial charge in [0, 0.05) is 18.3 Å². The van der Waals surface area contributed by atoms with Crippen molar-refractivity contribution in [3.05, 3.63) is 11.9 Å². The minimum Gasteiger partial charge on any atom is -0.371 e. The summed E-state index contributed by atoms with van der Waals surface area (Å²) in [5, 5.41) is 8.08. The molecule has 0 N–H and O–H groups in total. The summed E-state index contributed by atoms with van der Waals surface area (Å²) in [7, 11) is -3.37. The first kappa shape index (κ1) is 22.1. The molecule has 0 aliphatic heterocycles. The number of aromatic nitrogens is 3. The van der Waals surface area contributed by atoms with Crippen LogP contribution in [0.5, 0.6) is 0 Å². The zero-order valence-electron chi connectivity index (χ0n) is 17.1. The van der Waals surface area contributed by atoms with Crippen LogP contribution in [0.4, 0.5) is 0 Å². The lowest BCUT2D eigenvalue weighted by Crippen LogP contribution is -2.50. The highest BCUT2D eigenvalue weighted by atomic mass is 32.2. The summed E-state index contributed by atoms with van der Waals surface area (Å²) in [5.74, 6) is 0. The molecule has 0 bridgehead atoms. The highest BCUT2D eigenvalue weighted by molar-refractivity contribution is 7.88. The van der Waals surface area contributed by atoms with Crippen molar-refractivity contribution in [3.8, 4) is 0 Å². The summed E-state index contributed by atoms with van der Waals surface area (Å²) in [4.78, 5) is 0. The van der Waals surface area contributed by atoms with E-state index in [2.05, 4.69) is 31.1 Å². The third kappa shape index (κ3) is 7.03. The molecule has 2 atom stereocenters.